The van der Waals surface area contributed by atoms with E-state index in [0.29, 0.717) is 5.92 Å². The van der Waals surface area contributed by atoms with E-state index >= 15 is 0 Å². The van der Waals surface area contributed by atoms with Crippen molar-refractivity contribution in [2.45, 2.75) is 51.7 Å². The Balaban J connectivity index is 1.51. The molecular weight excluding hydrogens is 415 g/mol. The summed E-state index contributed by atoms with van der Waals surface area (Å²) in [6, 6.07) is 4.77. The Morgan fingerprint density at radius 3 is 2.50 bits per heavy atom. The van der Waals surface area contributed by atoms with Crippen LogP contribution in [0.1, 0.15) is 52.9 Å². The minimum atomic E-state index is -4.52. The summed E-state index contributed by atoms with van der Waals surface area (Å²) >= 11 is 5.96. The molecule has 1 amide bonds. The minimum absolute atomic E-state index is 0.0143. The zero-order chi connectivity index (χ0) is 21.9. The lowest BCUT2D eigenvalue weighted by molar-refractivity contribution is -0.137. The van der Waals surface area contributed by atoms with E-state index in [2.05, 4.69) is 15.6 Å². The van der Waals surface area contributed by atoms with Crippen LogP contribution in [0.3, 0.4) is 0 Å². The van der Waals surface area contributed by atoms with E-state index in [9.17, 15) is 18.0 Å². The maximum atomic E-state index is 12.9. The molecule has 1 aliphatic rings. The number of anilines is 1. The Bertz CT molecular complexity index is 909. The molecule has 3 rings (SSSR count). The number of pyridine rings is 1. The van der Waals surface area contributed by atoms with Gasteiger partial charge in [-0.15, -0.1) is 0 Å². The Hall–Kier alpha value is -2.28. The number of benzene rings is 1. The van der Waals surface area contributed by atoms with E-state index in [-0.39, 0.29) is 16.6 Å². The Morgan fingerprint density at radius 2 is 1.87 bits per heavy atom. The van der Waals surface area contributed by atoms with Crippen molar-refractivity contribution < 1.29 is 18.0 Å². The van der Waals surface area contributed by atoms with Crippen molar-refractivity contribution in [3.8, 4) is 0 Å². The lowest BCUT2D eigenvalue weighted by Crippen LogP contribution is -2.38. The fourth-order valence-electron chi connectivity index (χ4n) is 3.79. The molecule has 2 aromatic rings. The topological polar surface area (TPSA) is 54.0 Å². The zero-order valence-corrected chi connectivity index (χ0v) is 17.7. The number of aryl methyl sites for hydroxylation is 2. The highest BCUT2D eigenvalue weighted by Gasteiger charge is 2.32. The SMILES string of the molecule is Cc1cc(C)c(NC[C@H]2CC[C@H](NC(=O)c3cc(C(F)(F)F)ccc3Cl)CC2)cn1. The van der Waals surface area contributed by atoms with Crippen LogP contribution in [0.2, 0.25) is 5.02 Å². The highest BCUT2D eigenvalue weighted by atomic mass is 35.5. The van der Waals surface area contributed by atoms with E-state index in [4.69, 9.17) is 11.6 Å². The number of alkyl halides is 3. The van der Waals surface area contributed by atoms with Crippen LogP contribution in [0.4, 0.5) is 18.9 Å². The number of carbonyl (C=O) groups excluding carboxylic acids is 1. The smallest absolute Gasteiger partial charge is 0.383 e. The summed E-state index contributed by atoms with van der Waals surface area (Å²) in [5, 5.41) is 6.30. The molecular formula is C22H25ClF3N3O. The first-order valence-corrected chi connectivity index (χ1v) is 10.4. The first kappa shape index (κ1) is 22.4. The van der Waals surface area contributed by atoms with Crippen molar-refractivity contribution in [1.82, 2.24) is 10.3 Å². The number of aromatic nitrogens is 1. The van der Waals surface area contributed by atoms with Crippen molar-refractivity contribution in [3.05, 3.63) is 57.9 Å². The van der Waals surface area contributed by atoms with Crippen LogP contribution in [0.15, 0.2) is 30.5 Å². The van der Waals surface area contributed by atoms with Crippen LogP contribution in [-0.4, -0.2) is 23.5 Å². The van der Waals surface area contributed by atoms with Crippen LogP contribution < -0.4 is 10.6 Å². The molecule has 0 spiro atoms. The second kappa shape index (κ2) is 9.25. The Labute approximate surface area is 179 Å². The molecule has 0 atom stereocenters. The molecule has 0 unspecified atom stereocenters. The number of amides is 1. The number of halogens is 4. The van der Waals surface area contributed by atoms with E-state index in [0.717, 1.165) is 67.4 Å². The van der Waals surface area contributed by atoms with Gasteiger partial charge in [0.15, 0.2) is 0 Å². The largest absolute Gasteiger partial charge is 0.416 e. The van der Waals surface area contributed by atoms with Gasteiger partial charge < -0.3 is 10.6 Å². The molecule has 1 fully saturated rings. The van der Waals surface area contributed by atoms with Crippen molar-refractivity contribution in [3.63, 3.8) is 0 Å². The molecule has 1 heterocycles. The quantitative estimate of drug-likeness (QED) is 0.621. The first-order valence-electron chi connectivity index (χ1n) is 9.98. The van der Waals surface area contributed by atoms with Gasteiger partial charge in [0, 0.05) is 18.3 Å². The van der Waals surface area contributed by atoms with Gasteiger partial charge in [-0.2, -0.15) is 13.2 Å². The van der Waals surface area contributed by atoms with E-state index in [1.165, 1.54) is 0 Å². The third-order valence-corrected chi connectivity index (χ3v) is 5.88. The zero-order valence-electron chi connectivity index (χ0n) is 16.9. The lowest BCUT2D eigenvalue weighted by atomic mass is 9.85. The molecule has 1 saturated carbocycles. The molecule has 8 heteroatoms. The third-order valence-electron chi connectivity index (χ3n) is 5.55. The maximum Gasteiger partial charge on any atom is 0.416 e. The molecule has 30 heavy (non-hydrogen) atoms. The van der Waals surface area contributed by atoms with Gasteiger partial charge in [0.1, 0.15) is 0 Å². The molecule has 0 bridgehead atoms. The monoisotopic (exact) mass is 439 g/mol. The van der Waals surface area contributed by atoms with Crippen LogP contribution in [0.5, 0.6) is 0 Å². The molecule has 0 radical (unpaired) electrons. The summed E-state index contributed by atoms with van der Waals surface area (Å²) in [7, 11) is 0. The number of hydrogen-bond acceptors (Lipinski definition) is 3. The molecule has 1 aromatic carbocycles. The van der Waals surface area contributed by atoms with Crippen LogP contribution in [0, 0.1) is 19.8 Å². The van der Waals surface area contributed by atoms with Crippen LogP contribution in [0.25, 0.3) is 0 Å². The van der Waals surface area contributed by atoms with Crippen LogP contribution in [-0.2, 0) is 6.18 Å². The lowest BCUT2D eigenvalue weighted by Gasteiger charge is -2.29. The summed E-state index contributed by atoms with van der Waals surface area (Å²) in [6.07, 6.45) is 0.726. The maximum absolute atomic E-state index is 12.9. The van der Waals surface area contributed by atoms with Crippen molar-refractivity contribution in [2.24, 2.45) is 5.92 Å². The number of nitrogens with zero attached hydrogens (tertiary/aromatic N) is 1. The summed E-state index contributed by atoms with van der Waals surface area (Å²) in [5.41, 5.74) is 2.14. The molecule has 4 nitrogen and oxygen atoms in total. The average Bonchev–Trinajstić information content (AvgIpc) is 2.68. The molecule has 1 aromatic heterocycles. The molecule has 0 saturated heterocycles. The van der Waals surface area contributed by atoms with Crippen molar-refractivity contribution in [2.75, 3.05) is 11.9 Å². The second-order valence-electron chi connectivity index (χ2n) is 7.91. The van der Waals surface area contributed by atoms with Crippen molar-refractivity contribution >= 4 is 23.2 Å². The highest BCUT2D eigenvalue weighted by molar-refractivity contribution is 6.33. The summed E-state index contributed by atoms with van der Waals surface area (Å²) in [5.74, 6) is -0.0926. The number of rotatable bonds is 5. The molecule has 2 N–H and O–H groups in total. The predicted octanol–water partition coefficient (Wildman–Crippen LogP) is 5.77. The molecule has 1 aliphatic carbocycles. The van der Waals surface area contributed by atoms with Gasteiger partial charge in [-0.05, 0) is 75.3 Å². The van der Waals surface area contributed by atoms with E-state index < -0.39 is 17.6 Å². The van der Waals surface area contributed by atoms with Gasteiger partial charge in [-0.25, -0.2) is 0 Å². The van der Waals surface area contributed by atoms with Gasteiger partial charge in [-0.1, -0.05) is 11.6 Å². The standard InChI is InChI=1S/C22H25ClF3N3O/c1-13-9-14(2)27-12-20(13)28-11-15-3-6-17(7-4-15)29-21(30)18-10-16(22(24,25)26)5-8-19(18)23/h5,8-10,12,15,17,28H,3-4,6-7,11H2,1-2H3,(H,29,30)/t15-,17-. The normalized spacial score (nSPS) is 19.4. The average molecular weight is 440 g/mol. The van der Waals surface area contributed by atoms with E-state index in [1.807, 2.05) is 26.1 Å². The van der Waals surface area contributed by atoms with Crippen LogP contribution >= 0.6 is 11.6 Å². The summed E-state index contributed by atoms with van der Waals surface area (Å²) < 4.78 is 38.8. The third kappa shape index (κ3) is 5.65. The van der Waals surface area contributed by atoms with Gasteiger partial charge in [0.25, 0.3) is 5.91 Å². The highest BCUT2D eigenvalue weighted by Crippen LogP contribution is 2.32. The second-order valence-corrected chi connectivity index (χ2v) is 8.31. The Morgan fingerprint density at radius 1 is 1.17 bits per heavy atom. The molecule has 162 valence electrons. The summed E-state index contributed by atoms with van der Waals surface area (Å²) in [6.45, 7) is 4.83. The van der Waals surface area contributed by atoms with E-state index in [1.54, 1.807) is 0 Å². The van der Waals surface area contributed by atoms with Gasteiger partial charge in [-0.3, -0.25) is 9.78 Å². The molecule has 0 aliphatic heterocycles. The number of nitrogens with one attached hydrogen (secondary N) is 2. The fourth-order valence-corrected chi connectivity index (χ4v) is 3.99. The first-order chi connectivity index (χ1) is 14.1. The number of carbonyl (C=O) groups is 1. The minimum Gasteiger partial charge on any atom is -0.383 e. The van der Waals surface area contributed by atoms with Gasteiger partial charge >= 0.3 is 6.18 Å². The predicted molar refractivity (Wildman–Crippen MR) is 112 cm³/mol. The van der Waals surface area contributed by atoms with Gasteiger partial charge in [0.2, 0.25) is 0 Å². The number of hydrogen-bond donors (Lipinski definition) is 2. The van der Waals surface area contributed by atoms with Gasteiger partial charge in [0.05, 0.1) is 28.0 Å². The summed E-state index contributed by atoms with van der Waals surface area (Å²) in [4.78, 5) is 16.8. The van der Waals surface area contributed by atoms with Crippen molar-refractivity contribution in [1.29, 1.82) is 0 Å². The fraction of sp³-hybridized carbons (Fsp3) is 0.455. The Kier molecular flexibility index (Phi) is 6.91.